The first-order valence-electron chi connectivity index (χ1n) is 27.6. The van der Waals surface area contributed by atoms with Gasteiger partial charge in [-0.3, -0.25) is 0 Å². The Morgan fingerprint density at radius 3 is 0.963 bits per heavy atom. The Balaban J connectivity index is 1.39. The third kappa shape index (κ3) is 9.65. The molecule has 8 heteroatoms. The van der Waals surface area contributed by atoms with Crippen molar-refractivity contribution in [3.05, 3.63) is 190 Å². The van der Waals surface area contributed by atoms with Crippen molar-refractivity contribution in [3.8, 4) is 44.5 Å². The van der Waals surface area contributed by atoms with Gasteiger partial charge in [0.2, 0.25) is 0 Å². The number of aromatic nitrogens is 4. The van der Waals surface area contributed by atoms with E-state index in [1.54, 1.807) is 0 Å². The van der Waals surface area contributed by atoms with Gasteiger partial charge in [0, 0.05) is 55.1 Å². The molecule has 8 bridgehead atoms. The molecule has 8 nitrogen and oxygen atoms in total. The van der Waals surface area contributed by atoms with Crippen LogP contribution in [-0.2, 0) is 31.1 Å². The summed E-state index contributed by atoms with van der Waals surface area (Å²) in [5.74, 6) is -0.843. The van der Waals surface area contributed by atoms with Gasteiger partial charge in [0.25, 0.3) is 0 Å². The van der Waals surface area contributed by atoms with Crippen LogP contribution in [0.5, 0.6) is 0 Å². The number of H-pyrrole nitrogens is 2. The molecule has 0 spiro atoms. The lowest BCUT2D eigenvalue weighted by Gasteiger charge is -2.26. The maximum absolute atomic E-state index is 13.8. The lowest BCUT2D eigenvalue weighted by molar-refractivity contribution is 0.0594. The molecule has 80 heavy (non-hydrogen) atoms. The molecule has 11 rings (SSSR count). The van der Waals surface area contributed by atoms with E-state index in [4.69, 9.17) is 19.4 Å². The number of esters is 2. The molecule has 0 saturated heterocycles. The zero-order chi connectivity index (χ0) is 56.8. The quantitative estimate of drug-likeness (QED) is 0.161. The SMILES string of the molecule is COC(=O)c1cccc2cccc(-c3c4nc(c(-c5cc(C(C)(C)C)cc(C(C)(C)C)c5)c5ccc([nH]5)c(-c5cccc6cccc(C(=O)OC)c56)c5nc(c(-c6cc(C(C)(C)C)cc(C(C)(C)C)c6)c6ccc3[nH]6)C=C5)C=C4)c12. The summed E-state index contributed by atoms with van der Waals surface area (Å²) in [6.07, 6.45) is 8.44. The fourth-order valence-corrected chi connectivity index (χ4v) is 11.3. The van der Waals surface area contributed by atoms with Crippen LogP contribution in [0.25, 0.3) is 112 Å². The van der Waals surface area contributed by atoms with E-state index in [1.807, 2.05) is 60.7 Å². The first-order valence-corrected chi connectivity index (χ1v) is 27.6. The van der Waals surface area contributed by atoms with Crippen LogP contribution in [0.2, 0.25) is 0 Å². The minimum absolute atomic E-state index is 0.176. The molecule has 2 N–H and O–H groups in total. The highest BCUT2D eigenvalue weighted by Gasteiger charge is 2.28. The van der Waals surface area contributed by atoms with Gasteiger partial charge in [0.1, 0.15) is 0 Å². The van der Waals surface area contributed by atoms with Crippen LogP contribution in [0.3, 0.4) is 0 Å². The second kappa shape index (κ2) is 19.6. The summed E-state index contributed by atoms with van der Waals surface area (Å²) >= 11 is 0. The van der Waals surface area contributed by atoms with Gasteiger partial charge >= 0.3 is 11.9 Å². The van der Waals surface area contributed by atoms with Crippen LogP contribution < -0.4 is 0 Å². The summed E-state index contributed by atoms with van der Waals surface area (Å²) in [6.45, 7) is 27.1. The average molecular weight is 1060 g/mol. The number of ether oxygens (including phenoxy) is 2. The molecule has 5 heterocycles. The van der Waals surface area contributed by atoms with Crippen molar-refractivity contribution in [2.75, 3.05) is 14.2 Å². The number of benzene rings is 6. The number of methoxy groups -OCH3 is 2. The average Bonchev–Trinajstić information content (AvgIpc) is 4.44. The third-order valence-corrected chi connectivity index (χ3v) is 15.8. The number of aromatic amines is 2. The van der Waals surface area contributed by atoms with Crippen LogP contribution in [0.4, 0.5) is 0 Å². The van der Waals surface area contributed by atoms with Crippen LogP contribution in [0, 0.1) is 0 Å². The predicted molar refractivity (Wildman–Crippen MR) is 333 cm³/mol. The molecule has 6 aromatic carbocycles. The largest absolute Gasteiger partial charge is 0.465 e. The minimum atomic E-state index is -0.421. The van der Waals surface area contributed by atoms with Crippen molar-refractivity contribution < 1.29 is 19.1 Å². The molecule has 0 saturated carbocycles. The van der Waals surface area contributed by atoms with Crippen molar-refractivity contribution in [3.63, 3.8) is 0 Å². The van der Waals surface area contributed by atoms with Crippen molar-refractivity contribution in [2.45, 2.75) is 105 Å². The number of hydrogen-bond acceptors (Lipinski definition) is 6. The van der Waals surface area contributed by atoms with Crippen molar-refractivity contribution in [1.29, 1.82) is 0 Å². The topological polar surface area (TPSA) is 110 Å². The smallest absolute Gasteiger partial charge is 0.338 e. The molecule has 2 aliphatic heterocycles. The molecule has 9 aromatic rings. The standard InChI is InChI=1S/C72H70N4O4/c1-69(2,3)45-35-43(36-46(39-45)70(4,5)6)63-53-27-31-57(73-53)65(49-23-15-19-41-21-17-25-51(61(41)49)67(77)79-13)59-33-29-55(75-59)64(44-37-47(71(7,8)9)40-48(38-44)72(10,11)12)56-30-34-60(76-56)66(58-32-28-54(63)74-58)50-24-16-20-42-22-18-26-52(62(42)50)68(78)80-14/h15-40,73,76H,1-14H3. The zero-order valence-corrected chi connectivity index (χ0v) is 48.5. The molecule has 0 fully saturated rings. The zero-order valence-electron chi connectivity index (χ0n) is 48.5. The van der Waals surface area contributed by atoms with E-state index in [0.29, 0.717) is 11.1 Å². The highest BCUT2D eigenvalue weighted by Crippen LogP contribution is 2.45. The van der Waals surface area contributed by atoms with E-state index in [2.05, 4.69) is 190 Å². The summed E-state index contributed by atoms with van der Waals surface area (Å²) in [6, 6.07) is 46.3. The molecule has 0 amide bonds. The first-order chi connectivity index (χ1) is 37.9. The van der Waals surface area contributed by atoms with E-state index in [1.165, 1.54) is 36.5 Å². The maximum atomic E-state index is 13.8. The summed E-state index contributed by atoms with van der Waals surface area (Å²) < 4.78 is 10.9. The normalized spacial score (nSPS) is 12.9. The number of hydrogen-bond donors (Lipinski definition) is 2. The summed E-state index contributed by atoms with van der Waals surface area (Å²) in [4.78, 5) is 47.0. The van der Waals surface area contributed by atoms with Gasteiger partial charge in [0.05, 0.1) is 48.1 Å². The van der Waals surface area contributed by atoms with E-state index in [-0.39, 0.29) is 21.7 Å². The van der Waals surface area contributed by atoms with Crippen molar-refractivity contribution in [1.82, 2.24) is 19.9 Å². The molecule has 402 valence electrons. The van der Waals surface area contributed by atoms with Gasteiger partial charge in [-0.2, -0.15) is 0 Å². The van der Waals surface area contributed by atoms with Gasteiger partial charge in [-0.1, -0.05) is 180 Å². The molecule has 0 radical (unpaired) electrons. The monoisotopic (exact) mass is 1050 g/mol. The van der Waals surface area contributed by atoms with Crippen LogP contribution in [-0.4, -0.2) is 46.1 Å². The number of carbonyl (C=O) groups excluding carboxylic acids is 2. The van der Waals surface area contributed by atoms with Crippen molar-refractivity contribution >= 4 is 79.9 Å². The highest BCUT2D eigenvalue weighted by atomic mass is 16.5. The first kappa shape index (κ1) is 53.4. The van der Waals surface area contributed by atoms with Gasteiger partial charge in [0.15, 0.2) is 0 Å². The highest BCUT2D eigenvalue weighted by molar-refractivity contribution is 6.15. The van der Waals surface area contributed by atoms with Crippen molar-refractivity contribution in [2.24, 2.45) is 0 Å². The maximum Gasteiger partial charge on any atom is 0.338 e. The number of carbonyl (C=O) groups is 2. The fraction of sp³-hybridized carbons (Fsp3) is 0.250. The number of nitrogens with zero attached hydrogens (tertiary/aromatic N) is 2. The molecule has 0 atom stereocenters. The lowest BCUT2D eigenvalue weighted by Crippen LogP contribution is -2.16. The summed E-state index contributed by atoms with van der Waals surface area (Å²) in [5, 5.41) is 3.33. The van der Waals surface area contributed by atoms with E-state index in [9.17, 15) is 9.59 Å². The Morgan fingerprint density at radius 1 is 0.375 bits per heavy atom. The third-order valence-electron chi connectivity index (χ3n) is 15.8. The Labute approximate surface area is 469 Å². The summed E-state index contributed by atoms with van der Waals surface area (Å²) in [7, 11) is 2.86. The molecule has 0 aliphatic carbocycles. The summed E-state index contributed by atoms with van der Waals surface area (Å²) in [5.41, 5.74) is 18.5. The predicted octanol–water partition coefficient (Wildman–Crippen LogP) is 18.4. The second-order valence-corrected chi connectivity index (χ2v) is 25.5. The van der Waals surface area contributed by atoms with Crippen LogP contribution >= 0.6 is 0 Å². The molecular formula is C72H70N4O4. The van der Waals surface area contributed by atoms with Gasteiger partial charge < -0.3 is 19.4 Å². The Hall–Kier alpha value is -8.62. The number of nitrogens with one attached hydrogen (secondary N) is 2. The van der Waals surface area contributed by atoms with Gasteiger partial charge in [-0.15, -0.1) is 0 Å². The van der Waals surface area contributed by atoms with Crippen LogP contribution in [0.15, 0.2) is 133 Å². The molecular weight excluding hydrogens is 985 g/mol. The lowest BCUT2D eigenvalue weighted by atomic mass is 9.78. The number of fused-ring (bicyclic) bond motifs is 10. The van der Waals surface area contributed by atoms with Gasteiger partial charge in [-0.05, 0) is 138 Å². The fourth-order valence-electron chi connectivity index (χ4n) is 11.3. The molecule has 2 aliphatic rings. The van der Waals surface area contributed by atoms with Crippen LogP contribution in [0.1, 0.15) is 149 Å². The van der Waals surface area contributed by atoms with Gasteiger partial charge in [-0.25, -0.2) is 19.6 Å². The molecule has 3 aromatic heterocycles. The van der Waals surface area contributed by atoms with E-state index >= 15 is 0 Å². The number of rotatable bonds is 6. The second-order valence-electron chi connectivity index (χ2n) is 25.5. The van der Waals surface area contributed by atoms with E-state index < -0.39 is 11.9 Å². The Morgan fingerprint density at radius 2 is 0.662 bits per heavy atom. The van der Waals surface area contributed by atoms with E-state index in [0.717, 1.165) is 111 Å². The Kier molecular flexibility index (Phi) is 13.1. The molecule has 0 unspecified atom stereocenters. The Bertz CT molecular complexity index is 3940. The minimum Gasteiger partial charge on any atom is -0.465 e.